The van der Waals surface area contributed by atoms with Crippen LogP contribution in [0.25, 0.3) is 49.6 Å². The molecule has 0 fully saturated rings. The third kappa shape index (κ3) is 6.31. The molecule has 0 amide bonds. The van der Waals surface area contributed by atoms with E-state index in [2.05, 4.69) is 179 Å². The molecule has 278 valence electrons. The largest absolute Gasteiger partial charge is 0.457 e. The van der Waals surface area contributed by atoms with E-state index in [4.69, 9.17) is 14.1 Å². The van der Waals surface area contributed by atoms with Crippen LogP contribution in [0.3, 0.4) is 0 Å². The average Bonchev–Trinajstić information content (AvgIpc) is 3.73. The molecule has 9 rings (SSSR count). The monoisotopic (exact) mass is 734 g/mol. The number of hydrogen-bond acceptors (Lipinski definition) is 5. The topological polar surface area (TPSA) is 55.5 Å². The van der Waals surface area contributed by atoms with Crippen LogP contribution in [0.15, 0.2) is 150 Å². The fraction of sp³-hybridized carbons (Fsp3) is 0.180. The highest BCUT2D eigenvalue weighted by atomic mass is 16.5. The first kappa shape index (κ1) is 35.2. The molecule has 0 saturated carbocycles. The van der Waals surface area contributed by atoms with Gasteiger partial charge in [0.1, 0.15) is 28.5 Å². The number of hydrogen-bond donors (Lipinski definition) is 1. The van der Waals surface area contributed by atoms with Crippen LogP contribution < -0.4 is 15.0 Å². The van der Waals surface area contributed by atoms with E-state index in [0.29, 0.717) is 0 Å². The molecule has 0 atom stereocenters. The molecule has 9 aromatic rings. The third-order valence-corrected chi connectivity index (χ3v) is 10.8. The Labute approximate surface area is 328 Å². The highest BCUT2D eigenvalue weighted by Gasteiger charge is 2.21. The lowest BCUT2D eigenvalue weighted by Gasteiger charge is -2.27. The van der Waals surface area contributed by atoms with Crippen LogP contribution in [0.1, 0.15) is 52.7 Å². The van der Waals surface area contributed by atoms with Crippen LogP contribution in [0.5, 0.6) is 11.5 Å². The van der Waals surface area contributed by atoms with Gasteiger partial charge in [0.2, 0.25) is 0 Å². The van der Waals surface area contributed by atoms with Gasteiger partial charge >= 0.3 is 0 Å². The van der Waals surface area contributed by atoms with Gasteiger partial charge in [-0.15, -0.1) is 0 Å². The molecule has 0 bridgehead atoms. The van der Waals surface area contributed by atoms with Gasteiger partial charge in [0.25, 0.3) is 0 Å². The van der Waals surface area contributed by atoms with E-state index in [1.807, 2.05) is 30.5 Å². The number of pyridine rings is 1. The summed E-state index contributed by atoms with van der Waals surface area (Å²) in [7, 11) is 2.11. The molecule has 1 N–H and O–H groups in total. The second-order valence-corrected chi connectivity index (χ2v) is 16.7. The van der Waals surface area contributed by atoms with Gasteiger partial charge in [-0.25, -0.2) is 4.98 Å². The molecule has 3 heterocycles. The van der Waals surface area contributed by atoms with Crippen LogP contribution in [0.2, 0.25) is 0 Å². The van der Waals surface area contributed by atoms with Crippen molar-refractivity contribution in [2.75, 3.05) is 17.3 Å². The molecule has 0 spiro atoms. The SMILES string of the molecule is CN(c1cc(Oc2ccc3c4ccccc4n(-c4cc(C(C)(C)C)ccn4)c3c2)cc(C(C)(C)C)c1)c1ccccc1Nc1cccc2oc3ccccc3c12. The fourth-order valence-corrected chi connectivity index (χ4v) is 7.71. The fourth-order valence-electron chi connectivity index (χ4n) is 7.71. The Morgan fingerprint density at radius 3 is 2.11 bits per heavy atom. The number of furan rings is 1. The first-order valence-corrected chi connectivity index (χ1v) is 19.3. The second-order valence-electron chi connectivity index (χ2n) is 16.7. The maximum atomic E-state index is 6.83. The molecule has 6 aromatic carbocycles. The zero-order chi connectivity index (χ0) is 38.8. The minimum Gasteiger partial charge on any atom is -0.457 e. The first-order valence-electron chi connectivity index (χ1n) is 19.3. The molecular weight excluding hydrogens is 689 g/mol. The van der Waals surface area contributed by atoms with E-state index >= 15 is 0 Å². The van der Waals surface area contributed by atoms with E-state index < -0.39 is 0 Å². The van der Waals surface area contributed by atoms with Crippen molar-refractivity contribution in [1.29, 1.82) is 0 Å². The van der Waals surface area contributed by atoms with Gasteiger partial charge < -0.3 is 19.4 Å². The second kappa shape index (κ2) is 13.3. The lowest BCUT2D eigenvalue weighted by Crippen LogP contribution is -2.15. The quantitative estimate of drug-likeness (QED) is 0.177. The van der Waals surface area contributed by atoms with Crippen LogP contribution in [0.4, 0.5) is 22.7 Å². The summed E-state index contributed by atoms with van der Waals surface area (Å²) in [5.41, 5.74) is 10.2. The number of benzene rings is 6. The van der Waals surface area contributed by atoms with Crippen LogP contribution in [0, 0.1) is 0 Å². The minimum absolute atomic E-state index is 0.00696. The summed E-state index contributed by atoms with van der Waals surface area (Å²) >= 11 is 0. The molecule has 0 aliphatic carbocycles. The number of ether oxygens (including phenoxy) is 1. The Balaban J connectivity index is 1.11. The summed E-state index contributed by atoms with van der Waals surface area (Å²) in [5, 5.41) is 8.25. The molecule has 0 unspecified atom stereocenters. The van der Waals surface area contributed by atoms with Crippen LogP contribution >= 0.6 is 0 Å². The number of anilines is 4. The summed E-state index contributed by atoms with van der Waals surface area (Å²) in [6.07, 6.45) is 1.92. The Morgan fingerprint density at radius 1 is 0.589 bits per heavy atom. The molecule has 6 nitrogen and oxygen atoms in total. The number of para-hydroxylation sites is 4. The standard InChI is InChI=1S/C50H46N4O2/c1-49(2,3)32-25-26-51-47(29-32)54-42-19-11-8-15-37(42)38-24-23-35(31-44(38)54)55-36-28-33(50(4,5)6)27-34(30-36)53(7)43-20-12-10-17-40(43)52-41-18-14-22-46-48(41)39-16-9-13-21-45(39)56-46/h8-31,52H,1-7H3. The van der Waals surface area contributed by atoms with Gasteiger partial charge in [0.05, 0.1) is 33.5 Å². The Kier molecular flexibility index (Phi) is 8.39. The lowest BCUT2D eigenvalue weighted by molar-refractivity contribution is 0.479. The van der Waals surface area contributed by atoms with Crippen LogP contribution in [-0.2, 0) is 10.8 Å². The minimum atomic E-state index is -0.120. The van der Waals surface area contributed by atoms with Crippen molar-refractivity contribution in [2.45, 2.75) is 52.4 Å². The Bertz CT molecular complexity index is 2920. The molecular formula is C50H46N4O2. The predicted molar refractivity (Wildman–Crippen MR) is 234 cm³/mol. The van der Waals surface area contributed by atoms with E-state index in [0.717, 1.165) is 78.4 Å². The van der Waals surface area contributed by atoms with E-state index in [1.165, 1.54) is 16.5 Å². The van der Waals surface area contributed by atoms with E-state index in [9.17, 15) is 0 Å². The Hall–Kier alpha value is -6.53. The molecule has 0 aliphatic rings. The summed E-state index contributed by atoms with van der Waals surface area (Å²) in [4.78, 5) is 7.10. The summed E-state index contributed by atoms with van der Waals surface area (Å²) in [6, 6.07) is 48.6. The molecule has 0 saturated heterocycles. The lowest BCUT2D eigenvalue weighted by atomic mass is 9.86. The molecule has 56 heavy (non-hydrogen) atoms. The highest BCUT2D eigenvalue weighted by molar-refractivity contribution is 6.12. The average molecular weight is 735 g/mol. The number of fused-ring (bicyclic) bond motifs is 6. The van der Waals surface area contributed by atoms with Crippen molar-refractivity contribution in [2.24, 2.45) is 0 Å². The number of rotatable bonds is 7. The van der Waals surface area contributed by atoms with Crippen molar-refractivity contribution in [3.05, 3.63) is 157 Å². The zero-order valence-electron chi connectivity index (χ0n) is 33.0. The smallest absolute Gasteiger partial charge is 0.137 e. The van der Waals surface area contributed by atoms with E-state index in [-0.39, 0.29) is 10.8 Å². The maximum Gasteiger partial charge on any atom is 0.137 e. The van der Waals surface area contributed by atoms with Crippen molar-refractivity contribution >= 4 is 66.5 Å². The third-order valence-electron chi connectivity index (χ3n) is 10.8. The zero-order valence-corrected chi connectivity index (χ0v) is 33.0. The normalized spacial score (nSPS) is 12.2. The molecule has 3 aromatic heterocycles. The summed E-state index contributed by atoms with van der Waals surface area (Å²) < 4.78 is 15.3. The van der Waals surface area contributed by atoms with E-state index in [1.54, 1.807) is 0 Å². The van der Waals surface area contributed by atoms with Crippen molar-refractivity contribution < 1.29 is 9.15 Å². The number of nitrogens with zero attached hydrogens (tertiary/aromatic N) is 3. The van der Waals surface area contributed by atoms with Crippen molar-refractivity contribution in [3.63, 3.8) is 0 Å². The van der Waals surface area contributed by atoms with Gasteiger partial charge in [0, 0.05) is 47.2 Å². The number of aromatic nitrogens is 2. The van der Waals surface area contributed by atoms with Crippen molar-refractivity contribution in [1.82, 2.24) is 9.55 Å². The van der Waals surface area contributed by atoms with Crippen LogP contribution in [-0.4, -0.2) is 16.6 Å². The molecule has 0 aliphatic heterocycles. The van der Waals surface area contributed by atoms with Crippen molar-refractivity contribution in [3.8, 4) is 17.3 Å². The predicted octanol–water partition coefficient (Wildman–Crippen LogP) is 14.0. The van der Waals surface area contributed by atoms with Gasteiger partial charge in [-0.2, -0.15) is 0 Å². The highest BCUT2D eigenvalue weighted by Crippen LogP contribution is 2.42. The Morgan fingerprint density at radius 2 is 1.29 bits per heavy atom. The van der Waals surface area contributed by atoms with Gasteiger partial charge in [-0.1, -0.05) is 96.1 Å². The van der Waals surface area contributed by atoms with Gasteiger partial charge in [-0.3, -0.25) is 4.57 Å². The number of nitrogens with one attached hydrogen (secondary N) is 1. The summed E-state index contributed by atoms with van der Waals surface area (Å²) in [6.45, 7) is 13.4. The molecule has 0 radical (unpaired) electrons. The summed E-state index contributed by atoms with van der Waals surface area (Å²) in [5.74, 6) is 2.42. The van der Waals surface area contributed by atoms with Gasteiger partial charge in [0.15, 0.2) is 0 Å². The maximum absolute atomic E-state index is 6.83. The first-order chi connectivity index (χ1) is 26.9. The molecule has 6 heteroatoms. The van der Waals surface area contributed by atoms with Gasteiger partial charge in [-0.05, 0) is 94.8 Å².